The van der Waals surface area contributed by atoms with Gasteiger partial charge in [-0.2, -0.15) is 5.10 Å². The van der Waals surface area contributed by atoms with Crippen LogP contribution in [0.3, 0.4) is 0 Å². The number of amides is 1. The highest BCUT2D eigenvalue weighted by Gasteiger charge is 2.14. The van der Waals surface area contributed by atoms with E-state index in [4.69, 9.17) is 10.9 Å². The Labute approximate surface area is 99.0 Å². The van der Waals surface area contributed by atoms with E-state index in [0.717, 1.165) is 0 Å². The van der Waals surface area contributed by atoms with Gasteiger partial charge in [0.05, 0.1) is 11.4 Å². The lowest BCUT2D eigenvalue weighted by atomic mass is 10.3. The van der Waals surface area contributed by atoms with Crippen LogP contribution in [0.15, 0.2) is 6.20 Å². The third-order valence-electron chi connectivity index (χ3n) is 2.00. The first-order valence-electron chi connectivity index (χ1n) is 4.95. The Morgan fingerprint density at radius 2 is 2.24 bits per heavy atom. The smallest absolute Gasteiger partial charge is 0.273 e. The van der Waals surface area contributed by atoms with E-state index in [9.17, 15) is 13.2 Å². The van der Waals surface area contributed by atoms with Crippen molar-refractivity contribution in [3.63, 3.8) is 0 Å². The first-order chi connectivity index (χ1) is 7.83. The molecule has 0 aliphatic heterocycles. The molecule has 1 heterocycles. The number of nitrogen functional groups attached to an aromatic ring is 1. The Balaban J connectivity index is 2.61. The lowest BCUT2D eigenvalue weighted by Crippen LogP contribution is -2.32. The van der Waals surface area contributed by atoms with Crippen molar-refractivity contribution >= 4 is 21.6 Å². The lowest BCUT2D eigenvalue weighted by molar-refractivity contribution is 0.0951. The maximum atomic E-state index is 11.6. The van der Waals surface area contributed by atoms with Crippen molar-refractivity contribution in [2.75, 3.05) is 18.0 Å². The van der Waals surface area contributed by atoms with Crippen molar-refractivity contribution in [2.24, 2.45) is 5.14 Å². The van der Waals surface area contributed by atoms with Crippen LogP contribution in [-0.2, 0) is 16.6 Å². The summed E-state index contributed by atoms with van der Waals surface area (Å²) in [6.45, 7) is 2.37. The molecule has 0 aliphatic carbocycles. The van der Waals surface area contributed by atoms with Gasteiger partial charge in [0.1, 0.15) is 0 Å². The van der Waals surface area contributed by atoms with Crippen LogP contribution in [0.2, 0.25) is 0 Å². The normalized spacial score (nSPS) is 11.4. The Hall–Kier alpha value is -1.61. The summed E-state index contributed by atoms with van der Waals surface area (Å²) in [4.78, 5) is 11.6. The number of primary sulfonamides is 1. The molecular weight excluding hydrogens is 246 g/mol. The van der Waals surface area contributed by atoms with Crippen LogP contribution in [0.5, 0.6) is 0 Å². The first kappa shape index (κ1) is 13.5. The second-order valence-corrected chi connectivity index (χ2v) is 5.15. The van der Waals surface area contributed by atoms with E-state index in [1.807, 2.05) is 6.92 Å². The van der Waals surface area contributed by atoms with Crippen LogP contribution >= 0.6 is 0 Å². The fourth-order valence-corrected chi connectivity index (χ4v) is 1.55. The van der Waals surface area contributed by atoms with E-state index in [0.29, 0.717) is 6.54 Å². The van der Waals surface area contributed by atoms with E-state index in [2.05, 4.69) is 10.4 Å². The van der Waals surface area contributed by atoms with E-state index < -0.39 is 15.9 Å². The van der Waals surface area contributed by atoms with Crippen molar-refractivity contribution in [1.82, 2.24) is 15.1 Å². The molecule has 1 amide bonds. The highest BCUT2D eigenvalue weighted by Crippen LogP contribution is 2.08. The maximum absolute atomic E-state index is 11.6. The van der Waals surface area contributed by atoms with Gasteiger partial charge in [-0.1, -0.05) is 0 Å². The van der Waals surface area contributed by atoms with Gasteiger partial charge in [-0.05, 0) is 6.92 Å². The zero-order chi connectivity index (χ0) is 13.1. The number of nitrogens with two attached hydrogens (primary N) is 2. The maximum Gasteiger partial charge on any atom is 0.273 e. The first-order valence-corrected chi connectivity index (χ1v) is 6.66. The third-order valence-corrected chi connectivity index (χ3v) is 2.77. The van der Waals surface area contributed by atoms with Gasteiger partial charge in [0.15, 0.2) is 5.69 Å². The summed E-state index contributed by atoms with van der Waals surface area (Å²) < 4.78 is 22.8. The van der Waals surface area contributed by atoms with Crippen molar-refractivity contribution in [2.45, 2.75) is 13.5 Å². The molecule has 8 nitrogen and oxygen atoms in total. The van der Waals surface area contributed by atoms with Crippen molar-refractivity contribution in [3.05, 3.63) is 11.9 Å². The fourth-order valence-electron chi connectivity index (χ4n) is 1.17. The fraction of sp³-hybridized carbons (Fsp3) is 0.500. The molecule has 0 unspecified atom stereocenters. The quantitative estimate of drug-likeness (QED) is 0.593. The predicted molar refractivity (Wildman–Crippen MR) is 62.6 cm³/mol. The number of carbonyl (C=O) groups is 1. The number of nitrogens with zero attached hydrogens (tertiary/aromatic N) is 2. The zero-order valence-corrected chi connectivity index (χ0v) is 10.2. The molecule has 0 saturated carbocycles. The molecule has 5 N–H and O–H groups in total. The number of carbonyl (C=O) groups excluding carboxylic acids is 1. The number of nitrogens with one attached hydrogen (secondary N) is 1. The lowest BCUT2D eigenvalue weighted by Gasteiger charge is -2.02. The number of sulfonamides is 1. The summed E-state index contributed by atoms with van der Waals surface area (Å²) in [6.07, 6.45) is 1.54. The Bertz CT molecular complexity index is 507. The Morgan fingerprint density at radius 1 is 1.59 bits per heavy atom. The summed E-state index contributed by atoms with van der Waals surface area (Å²) in [5, 5.41) is 11.1. The van der Waals surface area contributed by atoms with Gasteiger partial charge in [-0.3, -0.25) is 9.48 Å². The van der Waals surface area contributed by atoms with E-state index in [1.165, 1.54) is 10.9 Å². The number of hydrogen-bond acceptors (Lipinski definition) is 5. The van der Waals surface area contributed by atoms with Crippen molar-refractivity contribution in [1.29, 1.82) is 0 Å². The average molecular weight is 261 g/mol. The number of anilines is 1. The van der Waals surface area contributed by atoms with E-state index in [-0.39, 0.29) is 23.7 Å². The molecule has 9 heteroatoms. The molecule has 0 fully saturated rings. The largest absolute Gasteiger partial charge is 0.396 e. The molecule has 0 spiro atoms. The molecule has 1 aromatic rings. The number of aryl methyl sites for hydroxylation is 1. The zero-order valence-electron chi connectivity index (χ0n) is 9.38. The molecule has 0 aliphatic rings. The van der Waals surface area contributed by atoms with Crippen LogP contribution in [0.4, 0.5) is 5.69 Å². The number of rotatable bonds is 5. The minimum Gasteiger partial charge on any atom is -0.396 e. The van der Waals surface area contributed by atoms with Gasteiger partial charge in [0.25, 0.3) is 5.91 Å². The minimum absolute atomic E-state index is 0.0733. The molecule has 0 bridgehead atoms. The van der Waals surface area contributed by atoms with E-state index in [1.54, 1.807) is 0 Å². The second kappa shape index (κ2) is 5.15. The van der Waals surface area contributed by atoms with Crippen molar-refractivity contribution in [3.8, 4) is 0 Å². The van der Waals surface area contributed by atoms with Gasteiger partial charge in [-0.25, -0.2) is 13.6 Å². The number of aromatic nitrogens is 2. The topological polar surface area (TPSA) is 133 Å². The average Bonchev–Trinajstić information content (AvgIpc) is 2.57. The minimum atomic E-state index is -3.58. The SMILES string of the molecule is CCn1cc(N)c(C(=O)NCCS(N)(=O)=O)n1. The van der Waals surface area contributed by atoms with E-state index >= 15 is 0 Å². The van der Waals surface area contributed by atoms with Crippen LogP contribution in [0.25, 0.3) is 0 Å². The van der Waals surface area contributed by atoms with Gasteiger partial charge in [0.2, 0.25) is 10.0 Å². The van der Waals surface area contributed by atoms with Crippen LogP contribution in [0.1, 0.15) is 17.4 Å². The molecule has 1 rings (SSSR count). The standard InChI is InChI=1S/C8H15N5O3S/c1-2-13-5-6(9)7(12-13)8(14)11-3-4-17(10,15)16/h5H,2-4,9H2,1H3,(H,11,14)(H2,10,15,16). The molecule has 0 atom stereocenters. The van der Waals surface area contributed by atoms with Gasteiger partial charge >= 0.3 is 0 Å². The Morgan fingerprint density at radius 3 is 2.71 bits per heavy atom. The molecule has 0 radical (unpaired) electrons. The van der Waals surface area contributed by atoms with Gasteiger partial charge in [0, 0.05) is 19.3 Å². The summed E-state index contributed by atoms with van der Waals surface area (Å²) in [6, 6.07) is 0. The van der Waals surface area contributed by atoms with Crippen LogP contribution in [-0.4, -0.2) is 36.4 Å². The molecule has 96 valence electrons. The third kappa shape index (κ3) is 4.04. The highest BCUT2D eigenvalue weighted by atomic mass is 32.2. The summed E-state index contributed by atoms with van der Waals surface area (Å²) >= 11 is 0. The molecular formula is C8H15N5O3S. The molecule has 17 heavy (non-hydrogen) atoms. The second-order valence-electron chi connectivity index (χ2n) is 3.41. The van der Waals surface area contributed by atoms with Crippen LogP contribution < -0.4 is 16.2 Å². The summed E-state index contributed by atoms with van der Waals surface area (Å²) in [7, 11) is -3.58. The molecule has 1 aromatic heterocycles. The van der Waals surface area contributed by atoms with Gasteiger partial charge in [-0.15, -0.1) is 0 Å². The highest BCUT2D eigenvalue weighted by molar-refractivity contribution is 7.89. The number of hydrogen-bond donors (Lipinski definition) is 3. The van der Waals surface area contributed by atoms with Gasteiger partial charge < -0.3 is 11.1 Å². The molecule has 0 saturated heterocycles. The summed E-state index contributed by atoms with van der Waals surface area (Å²) in [5.41, 5.74) is 5.92. The molecule has 0 aromatic carbocycles. The Kier molecular flexibility index (Phi) is 4.07. The van der Waals surface area contributed by atoms with Crippen LogP contribution in [0, 0.1) is 0 Å². The monoisotopic (exact) mass is 261 g/mol. The summed E-state index contributed by atoms with van der Waals surface area (Å²) in [5.74, 6) is -0.842. The van der Waals surface area contributed by atoms with Crippen molar-refractivity contribution < 1.29 is 13.2 Å². The predicted octanol–water partition coefficient (Wildman–Crippen LogP) is -1.50.